The summed E-state index contributed by atoms with van der Waals surface area (Å²) in [6.07, 6.45) is -4.61. The molecular formula is C15H11F3O2. The van der Waals surface area contributed by atoms with Gasteiger partial charge in [0.1, 0.15) is 0 Å². The average Bonchev–Trinajstić information content (AvgIpc) is 2.37. The number of carboxylic acids is 1. The maximum atomic E-state index is 13.1. The van der Waals surface area contributed by atoms with Gasteiger partial charge < -0.3 is 5.11 Å². The third-order valence-electron chi connectivity index (χ3n) is 2.99. The minimum absolute atomic E-state index is 0.0133. The molecule has 0 spiro atoms. The van der Waals surface area contributed by atoms with E-state index in [-0.39, 0.29) is 11.1 Å². The molecule has 0 bridgehead atoms. The Hall–Kier alpha value is -2.30. The van der Waals surface area contributed by atoms with Crippen molar-refractivity contribution in [3.63, 3.8) is 0 Å². The largest absolute Gasteiger partial charge is 0.478 e. The van der Waals surface area contributed by atoms with Gasteiger partial charge in [-0.05, 0) is 35.7 Å². The van der Waals surface area contributed by atoms with Crippen molar-refractivity contribution in [1.29, 1.82) is 0 Å². The third kappa shape index (κ3) is 2.66. The van der Waals surface area contributed by atoms with Crippen molar-refractivity contribution in [1.82, 2.24) is 0 Å². The van der Waals surface area contributed by atoms with Gasteiger partial charge in [0.05, 0.1) is 11.1 Å². The summed E-state index contributed by atoms with van der Waals surface area (Å²) in [5.74, 6) is -1.37. The molecule has 0 saturated heterocycles. The average molecular weight is 280 g/mol. The smallest absolute Gasteiger partial charge is 0.417 e. The molecule has 2 nitrogen and oxygen atoms in total. The lowest BCUT2D eigenvalue weighted by Gasteiger charge is -2.15. The summed E-state index contributed by atoms with van der Waals surface area (Å²) < 4.78 is 39.3. The van der Waals surface area contributed by atoms with Gasteiger partial charge in [-0.2, -0.15) is 13.2 Å². The number of rotatable bonds is 2. The standard InChI is InChI=1S/C15H11F3O2/c1-9-7-12(10-5-3-2-4-6-10)13(15(16,17)18)8-11(9)14(19)20/h2-8H,1H3,(H,19,20). The van der Waals surface area contributed by atoms with Crippen molar-refractivity contribution in [2.75, 3.05) is 0 Å². The minimum atomic E-state index is -4.61. The van der Waals surface area contributed by atoms with Crippen LogP contribution in [0.3, 0.4) is 0 Å². The normalized spacial score (nSPS) is 11.4. The number of hydrogen-bond acceptors (Lipinski definition) is 1. The number of aromatic carboxylic acids is 1. The molecule has 0 atom stereocenters. The fraction of sp³-hybridized carbons (Fsp3) is 0.133. The van der Waals surface area contributed by atoms with Crippen molar-refractivity contribution >= 4 is 5.97 Å². The SMILES string of the molecule is Cc1cc(-c2ccccc2)c(C(F)(F)F)cc1C(=O)O. The number of carboxylic acid groups (broad SMARTS) is 1. The first kappa shape index (κ1) is 14.1. The fourth-order valence-corrected chi connectivity index (χ4v) is 2.03. The fourth-order valence-electron chi connectivity index (χ4n) is 2.03. The molecule has 0 aliphatic carbocycles. The summed E-state index contributed by atoms with van der Waals surface area (Å²) in [5, 5.41) is 8.95. The molecule has 2 aromatic rings. The van der Waals surface area contributed by atoms with Crippen molar-refractivity contribution in [3.8, 4) is 11.1 Å². The predicted octanol–water partition coefficient (Wildman–Crippen LogP) is 4.38. The molecule has 0 fully saturated rings. The second kappa shape index (κ2) is 5.00. The molecule has 2 aromatic carbocycles. The Kier molecular flexibility index (Phi) is 3.53. The third-order valence-corrected chi connectivity index (χ3v) is 2.99. The van der Waals surface area contributed by atoms with Crippen LogP contribution in [-0.4, -0.2) is 11.1 Å². The number of aryl methyl sites for hydroxylation is 1. The van der Waals surface area contributed by atoms with Crippen LogP contribution in [0.1, 0.15) is 21.5 Å². The molecule has 0 heterocycles. The Morgan fingerprint density at radius 3 is 2.20 bits per heavy atom. The molecule has 1 N–H and O–H groups in total. The van der Waals surface area contributed by atoms with Gasteiger partial charge >= 0.3 is 12.1 Å². The van der Waals surface area contributed by atoms with Gasteiger partial charge in [0.2, 0.25) is 0 Å². The second-order valence-corrected chi connectivity index (χ2v) is 4.38. The van der Waals surface area contributed by atoms with E-state index in [0.717, 1.165) is 0 Å². The highest BCUT2D eigenvalue weighted by Gasteiger charge is 2.35. The van der Waals surface area contributed by atoms with Crippen molar-refractivity contribution in [2.24, 2.45) is 0 Å². The molecule has 0 amide bonds. The van der Waals surface area contributed by atoms with Crippen LogP contribution in [0.4, 0.5) is 13.2 Å². The van der Waals surface area contributed by atoms with E-state index in [4.69, 9.17) is 5.11 Å². The van der Waals surface area contributed by atoms with E-state index in [1.54, 1.807) is 30.3 Å². The van der Waals surface area contributed by atoms with Gasteiger partial charge in [-0.25, -0.2) is 4.79 Å². The van der Waals surface area contributed by atoms with Gasteiger partial charge in [-0.1, -0.05) is 30.3 Å². The van der Waals surface area contributed by atoms with Crippen LogP contribution in [0.25, 0.3) is 11.1 Å². The Balaban J connectivity index is 2.74. The maximum Gasteiger partial charge on any atom is 0.417 e. The van der Waals surface area contributed by atoms with E-state index in [1.165, 1.54) is 13.0 Å². The van der Waals surface area contributed by atoms with Crippen molar-refractivity contribution in [2.45, 2.75) is 13.1 Å². The lowest BCUT2D eigenvalue weighted by atomic mass is 9.94. The van der Waals surface area contributed by atoms with Gasteiger partial charge in [0.15, 0.2) is 0 Å². The number of halogens is 3. The summed E-state index contributed by atoms with van der Waals surface area (Å²) >= 11 is 0. The summed E-state index contributed by atoms with van der Waals surface area (Å²) in [6.45, 7) is 1.48. The molecule has 0 aromatic heterocycles. The molecule has 20 heavy (non-hydrogen) atoms. The highest BCUT2D eigenvalue weighted by molar-refractivity contribution is 5.91. The zero-order chi connectivity index (χ0) is 14.9. The topological polar surface area (TPSA) is 37.3 Å². The summed E-state index contributed by atoms with van der Waals surface area (Å²) in [4.78, 5) is 11.0. The first-order valence-electron chi connectivity index (χ1n) is 5.81. The first-order chi connectivity index (χ1) is 9.30. The van der Waals surface area contributed by atoms with E-state index < -0.39 is 17.7 Å². The molecule has 0 saturated carbocycles. The van der Waals surface area contributed by atoms with Gasteiger partial charge in [-0.3, -0.25) is 0 Å². The van der Waals surface area contributed by atoms with E-state index >= 15 is 0 Å². The van der Waals surface area contributed by atoms with Crippen LogP contribution in [-0.2, 0) is 6.18 Å². The van der Waals surface area contributed by atoms with Crippen LogP contribution in [0.2, 0.25) is 0 Å². The van der Waals surface area contributed by atoms with E-state index in [1.807, 2.05) is 0 Å². The van der Waals surface area contributed by atoms with Crippen molar-refractivity contribution in [3.05, 3.63) is 59.2 Å². The molecule has 0 aliphatic heterocycles. The van der Waals surface area contributed by atoms with Crippen LogP contribution in [0.15, 0.2) is 42.5 Å². The highest BCUT2D eigenvalue weighted by Crippen LogP contribution is 2.38. The van der Waals surface area contributed by atoms with Crippen molar-refractivity contribution < 1.29 is 23.1 Å². The summed E-state index contributed by atoms with van der Waals surface area (Å²) in [7, 11) is 0. The Bertz CT molecular complexity index is 646. The number of alkyl halides is 3. The van der Waals surface area contributed by atoms with Gasteiger partial charge in [-0.15, -0.1) is 0 Å². The number of carbonyl (C=O) groups is 1. The molecule has 0 radical (unpaired) electrons. The van der Waals surface area contributed by atoms with E-state index in [9.17, 15) is 18.0 Å². The molecule has 2 rings (SSSR count). The van der Waals surface area contributed by atoms with E-state index in [2.05, 4.69) is 0 Å². The second-order valence-electron chi connectivity index (χ2n) is 4.38. The van der Waals surface area contributed by atoms with Gasteiger partial charge in [0.25, 0.3) is 0 Å². The first-order valence-corrected chi connectivity index (χ1v) is 5.81. The monoisotopic (exact) mass is 280 g/mol. The Labute approximate surface area is 113 Å². The van der Waals surface area contributed by atoms with Crippen LogP contribution >= 0.6 is 0 Å². The zero-order valence-electron chi connectivity index (χ0n) is 10.5. The summed E-state index contributed by atoms with van der Waals surface area (Å²) in [5.41, 5.74) is -0.589. The lowest BCUT2D eigenvalue weighted by Crippen LogP contribution is -2.11. The molecule has 0 aliphatic rings. The van der Waals surface area contributed by atoms with E-state index in [0.29, 0.717) is 17.2 Å². The Morgan fingerprint density at radius 2 is 1.70 bits per heavy atom. The highest BCUT2D eigenvalue weighted by atomic mass is 19.4. The molecule has 0 unspecified atom stereocenters. The van der Waals surface area contributed by atoms with Crippen LogP contribution < -0.4 is 0 Å². The predicted molar refractivity (Wildman–Crippen MR) is 68.6 cm³/mol. The molecule has 5 heteroatoms. The zero-order valence-corrected chi connectivity index (χ0v) is 10.5. The minimum Gasteiger partial charge on any atom is -0.478 e. The maximum absolute atomic E-state index is 13.1. The molecule has 104 valence electrons. The number of hydrogen-bond donors (Lipinski definition) is 1. The lowest BCUT2D eigenvalue weighted by molar-refractivity contribution is -0.137. The Morgan fingerprint density at radius 1 is 1.10 bits per heavy atom. The van der Waals surface area contributed by atoms with Gasteiger partial charge in [0, 0.05) is 0 Å². The molecular weight excluding hydrogens is 269 g/mol. The van der Waals surface area contributed by atoms with Crippen LogP contribution in [0.5, 0.6) is 0 Å². The van der Waals surface area contributed by atoms with Crippen LogP contribution in [0, 0.1) is 6.92 Å². The number of benzene rings is 2. The quantitative estimate of drug-likeness (QED) is 0.886. The summed E-state index contributed by atoms with van der Waals surface area (Å²) in [6, 6.07) is 10.1.